The van der Waals surface area contributed by atoms with E-state index in [0.717, 1.165) is 4.90 Å². The predicted molar refractivity (Wildman–Crippen MR) is 95.4 cm³/mol. The first-order chi connectivity index (χ1) is 11.2. The smallest absolute Gasteiger partial charge is 0.261 e. The molecule has 0 saturated carbocycles. The highest BCUT2D eigenvalue weighted by Gasteiger charge is 2.09. The van der Waals surface area contributed by atoms with Crippen molar-refractivity contribution >= 4 is 33.5 Å². The summed E-state index contributed by atoms with van der Waals surface area (Å²) < 4.78 is 13.8. The van der Waals surface area contributed by atoms with E-state index in [4.69, 9.17) is 0 Å². The van der Waals surface area contributed by atoms with Gasteiger partial charge in [0.05, 0.1) is 21.7 Å². The molecule has 0 N–H and O–H groups in total. The first-order valence-electron chi connectivity index (χ1n) is 7.19. The Balaban J connectivity index is 1.74. The van der Waals surface area contributed by atoms with Gasteiger partial charge < -0.3 is 0 Å². The van der Waals surface area contributed by atoms with Gasteiger partial charge in [-0.3, -0.25) is 13.6 Å². The standard InChI is InChI=1S/C17H16N2O2S2/c1-19-16(20)14-9-5-6-10-15(14)18-17(19)22-11-12-23(21)13-7-3-2-4-8-13/h2-10H,11-12H2,1H3. The van der Waals surface area contributed by atoms with Crippen LogP contribution in [-0.2, 0) is 17.8 Å². The van der Waals surface area contributed by atoms with E-state index in [1.807, 2.05) is 48.5 Å². The molecule has 1 atom stereocenters. The van der Waals surface area contributed by atoms with Gasteiger partial charge in [-0.25, -0.2) is 4.98 Å². The van der Waals surface area contributed by atoms with E-state index in [1.165, 1.54) is 11.8 Å². The average molecular weight is 344 g/mol. The Morgan fingerprint density at radius 2 is 1.78 bits per heavy atom. The maximum Gasteiger partial charge on any atom is 0.261 e. The molecular weight excluding hydrogens is 328 g/mol. The number of benzene rings is 2. The monoisotopic (exact) mass is 344 g/mol. The van der Waals surface area contributed by atoms with Crippen LogP contribution in [0.25, 0.3) is 10.9 Å². The third-order valence-corrected chi connectivity index (χ3v) is 6.11. The molecule has 23 heavy (non-hydrogen) atoms. The number of hydrogen-bond donors (Lipinski definition) is 0. The van der Waals surface area contributed by atoms with Crippen LogP contribution in [0.3, 0.4) is 0 Å². The molecule has 3 rings (SSSR count). The van der Waals surface area contributed by atoms with Crippen molar-refractivity contribution in [2.45, 2.75) is 10.1 Å². The Morgan fingerprint density at radius 3 is 2.57 bits per heavy atom. The van der Waals surface area contributed by atoms with Crippen LogP contribution in [0.5, 0.6) is 0 Å². The number of rotatable bonds is 5. The summed E-state index contributed by atoms with van der Waals surface area (Å²) in [5, 5.41) is 1.27. The van der Waals surface area contributed by atoms with Crippen LogP contribution in [0.1, 0.15) is 0 Å². The molecule has 4 nitrogen and oxygen atoms in total. The maximum absolute atomic E-state index is 12.3. The van der Waals surface area contributed by atoms with E-state index in [9.17, 15) is 9.00 Å². The molecular formula is C17H16N2O2S2. The Bertz CT molecular complexity index is 907. The van der Waals surface area contributed by atoms with Crippen molar-refractivity contribution < 1.29 is 4.21 Å². The highest BCUT2D eigenvalue weighted by molar-refractivity contribution is 8.00. The lowest BCUT2D eigenvalue weighted by Gasteiger charge is -2.08. The minimum Gasteiger partial charge on any atom is -0.290 e. The van der Waals surface area contributed by atoms with Crippen LogP contribution in [0, 0.1) is 0 Å². The number of hydrogen-bond acceptors (Lipinski definition) is 4. The fourth-order valence-electron chi connectivity index (χ4n) is 2.23. The van der Waals surface area contributed by atoms with E-state index in [0.29, 0.717) is 27.6 Å². The lowest BCUT2D eigenvalue weighted by molar-refractivity contribution is 0.684. The van der Waals surface area contributed by atoms with Gasteiger partial charge in [0.1, 0.15) is 0 Å². The van der Waals surface area contributed by atoms with Gasteiger partial charge >= 0.3 is 0 Å². The highest BCUT2D eigenvalue weighted by Crippen LogP contribution is 2.17. The van der Waals surface area contributed by atoms with Crippen molar-refractivity contribution in [1.82, 2.24) is 9.55 Å². The summed E-state index contributed by atoms with van der Waals surface area (Å²) in [6, 6.07) is 16.7. The molecule has 0 radical (unpaired) electrons. The third-order valence-electron chi connectivity index (χ3n) is 3.45. The van der Waals surface area contributed by atoms with Crippen molar-refractivity contribution in [1.29, 1.82) is 0 Å². The predicted octanol–water partition coefficient (Wildman–Crippen LogP) is 2.83. The summed E-state index contributed by atoms with van der Waals surface area (Å²) in [4.78, 5) is 17.7. The molecule has 0 spiro atoms. The molecule has 0 amide bonds. The molecule has 0 fully saturated rings. The Kier molecular flexibility index (Phi) is 4.93. The average Bonchev–Trinajstić information content (AvgIpc) is 2.60. The normalized spacial score (nSPS) is 12.4. The largest absolute Gasteiger partial charge is 0.290 e. The van der Waals surface area contributed by atoms with E-state index in [2.05, 4.69) is 4.98 Å². The molecule has 118 valence electrons. The molecule has 1 heterocycles. The van der Waals surface area contributed by atoms with E-state index in [-0.39, 0.29) is 5.56 Å². The third kappa shape index (κ3) is 3.54. The number of aromatic nitrogens is 2. The van der Waals surface area contributed by atoms with Crippen LogP contribution >= 0.6 is 11.8 Å². The van der Waals surface area contributed by atoms with Gasteiger partial charge in [0.2, 0.25) is 0 Å². The van der Waals surface area contributed by atoms with E-state index in [1.54, 1.807) is 17.7 Å². The van der Waals surface area contributed by atoms with Crippen LogP contribution in [0.15, 0.2) is 69.4 Å². The Morgan fingerprint density at radius 1 is 1.09 bits per heavy atom. The Labute approximate surface area is 141 Å². The van der Waals surface area contributed by atoms with Crippen LogP contribution in [-0.4, -0.2) is 25.3 Å². The first kappa shape index (κ1) is 16.0. The molecule has 3 aromatic rings. The molecule has 2 aromatic carbocycles. The zero-order valence-electron chi connectivity index (χ0n) is 12.6. The second kappa shape index (κ2) is 7.10. The van der Waals surface area contributed by atoms with Gasteiger partial charge in [-0.2, -0.15) is 0 Å². The molecule has 0 bridgehead atoms. The Hall–Kier alpha value is -1.92. The summed E-state index contributed by atoms with van der Waals surface area (Å²) in [6.07, 6.45) is 0. The van der Waals surface area contributed by atoms with Crippen molar-refractivity contribution in [3.05, 3.63) is 65.0 Å². The second-order valence-electron chi connectivity index (χ2n) is 4.99. The lowest BCUT2D eigenvalue weighted by atomic mass is 10.2. The number of fused-ring (bicyclic) bond motifs is 1. The summed E-state index contributed by atoms with van der Waals surface area (Å²) in [6.45, 7) is 0. The summed E-state index contributed by atoms with van der Waals surface area (Å²) in [5.74, 6) is 1.16. The molecule has 0 aliphatic carbocycles. The fraction of sp³-hybridized carbons (Fsp3) is 0.176. The number of para-hydroxylation sites is 1. The SMILES string of the molecule is Cn1c(SCCS(=O)c2ccccc2)nc2ccccc2c1=O. The summed E-state index contributed by atoms with van der Waals surface area (Å²) >= 11 is 1.46. The minimum atomic E-state index is -1.03. The maximum atomic E-state index is 12.3. The molecule has 0 aliphatic rings. The molecule has 0 saturated heterocycles. The first-order valence-corrected chi connectivity index (χ1v) is 9.49. The molecule has 6 heteroatoms. The summed E-state index contributed by atoms with van der Waals surface area (Å²) in [5.41, 5.74) is 0.643. The van der Waals surface area contributed by atoms with E-state index >= 15 is 0 Å². The zero-order chi connectivity index (χ0) is 16.2. The van der Waals surface area contributed by atoms with Crippen LogP contribution < -0.4 is 5.56 Å². The fourth-order valence-corrected chi connectivity index (χ4v) is 4.48. The van der Waals surface area contributed by atoms with Gasteiger partial charge in [0.25, 0.3) is 5.56 Å². The minimum absolute atomic E-state index is 0.0534. The number of nitrogens with zero attached hydrogens (tertiary/aromatic N) is 2. The lowest BCUT2D eigenvalue weighted by Crippen LogP contribution is -2.20. The zero-order valence-corrected chi connectivity index (χ0v) is 14.3. The van der Waals surface area contributed by atoms with Gasteiger partial charge in [-0.1, -0.05) is 42.1 Å². The van der Waals surface area contributed by atoms with Crippen molar-refractivity contribution in [2.75, 3.05) is 11.5 Å². The van der Waals surface area contributed by atoms with Gasteiger partial charge in [0.15, 0.2) is 5.16 Å². The van der Waals surface area contributed by atoms with Gasteiger partial charge in [-0.05, 0) is 24.3 Å². The molecule has 1 aromatic heterocycles. The quantitative estimate of drug-likeness (QED) is 0.527. The summed E-state index contributed by atoms with van der Waals surface area (Å²) in [7, 11) is 0.688. The molecule has 1 unspecified atom stereocenters. The molecule has 0 aliphatic heterocycles. The van der Waals surface area contributed by atoms with Crippen LogP contribution in [0.2, 0.25) is 0 Å². The van der Waals surface area contributed by atoms with Crippen molar-refractivity contribution in [2.24, 2.45) is 7.05 Å². The van der Waals surface area contributed by atoms with Crippen molar-refractivity contribution in [3.63, 3.8) is 0 Å². The van der Waals surface area contributed by atoms with Gasteiger partial charge in [-0.15, -0.1) is 0 Å². The van der Waals surface area contributed by atoms with Crippen molar-refractivity contribution in [3.8, 4) is 0 Å². The van der Waals surface area contributed by atoms with Crippen LogP contribution in [0.4, 0.5) is 0 Å². The topological polar surface area (TPSA) is 52.0 Å². The second-order valence-corrected chi connectivity index (χ2v) is 7.62. The van der Waals surface area contributed by atoms with E-state index < -0.39 is 10.8 Å². The number of thioether (sulfide) groups is 1. The van der Waals surface area contributed by atoms with Gasteiger partial charge in [0, 0.05) is 23.4 Å². The highest BCUT2D eigenvalue weighted by atomic mass is 32.2.